The zero-order valence-corrected chi connectivity index (χ0v) is 7.85. The van der Waals surface area contributed by atoms with Crippen molar-refractivity contribution in [1.82, 2.24) is 5.32 Å². The van der Waals surface area contributed by atoms with E-state index in [4.69, 9.17) is 0 Å². The Labute approximate surface area is 70.3 Å². The topological polar surface area (TPSA) is 12.0 Å². The Balaban J connectivity index is 2.59. The minimum atomic E-state index is 0.315. The van der Waals surface area contributed by atoms with Gasteiger partial charge in [0.15, 0.2) is 0 Å². The molecule has 1 aliphatic rings. The van der Waals surface area contributed by atoms with Crippen LogP contribution in [0.4, 0.5) is 0 Å². The number of allylic oxidation sites excluding steroid dienone is 2. The summed E-state index contributed by atoms with van der Waals surface area (Å²) in [5.41, 5.74) is 1.36. The molecular formula is C8H12BrN. The van der Waals surface area contributed by atoms with Crippen LogP contribution in [0.25, 0.3) is 0 Å². The van der Waals surface area contributed by atoms with Crippen LogP contribution in [0.1, 0.15) is 13.8 Å². The maximum Gasteiger partial charge on any atom is 0.100 e. The summed E-state index contributed by atoms with van der Waals surface area (Å²) in [7, 11) is 0. The first kappa shape index (κ1) is 7.86. The smallest absolute Gasteiger partial charge is 0.100 e. The Hall–Kier alpha value is -0.240. The summed E-state index contributed by atoms with van der Waals surface area (Å²) in [6, 6.07) is 0. The van der Waals surface area contributed by atoms with Gasteiger partial charge in [-0.05, 0) is 11.5 Å². The molecule has 2 heteroatoms. The summed E-state index contributed by atoms with van der Waals surface area (Å²) in [5, 5.41) is 3.18. The second kappa shape index (κ2) is 3.24. The van der Waals surface area contributed by atoms with Gasteiger partial charge in [-0.15, -0.1) is 0 Å². The molecule has 0 aromatic carbocycles. The summed E-state index contributed by atoms with van der Waals surface area (Å²) in [4.78, 5) is 0.315. The van der Waals surface area contributed by atoms with Gasteiger partial charge in [0.1, 0.15) is 4.95 Å². The lowest BCUT2D eigenvalue weighted by Gasteiger charge is -2.15. The van der Waals surface area contributed by atoms with Crippen LogP contribution < -0.4 is 5.32 Å². The van der Waals surface area contributed by atoms with E-state index in [1.165, 1.54) is 5.57 Å². The van der Waals surface area contributed by atoms with Crippen molar-refractivity contribution in [1.29, 1.82) is 0 Å². The Bertz CT molecular complexity index is 170. The van der Waals surface area contributed by atoms with Gasteiger partial charge in [-0.25, -0.2) is 0 Å². The van der Waals surface area contributed by atoms with Gasteiger partial charge < -0.3 is 5.32 Å². The van der Waals surface area contributed by atoms with Gasteiger partial charge in [-0.1, -0.05) is 41.9 Å². The average Bonchev–Trinajstić information content (AvgIpc) is 1.88. The lowest BCUT2D eigenvalue weighted by molar-refractivity contribution is 0.759. The highest BCUT2D eigenvalue weighted by molar-refractivity contribution is 9.09. The van der Waals surface area contributed by atoms with Crippen molar-refractivity contribution in [3.05, 3.63) is 23.9 Å². The van der Waals surface area contributed by atoms with Crippen molar-refractivity contribution in [2.24, 2.45) is 5.92 Å². The van der Waals surface area contributed by atoms with Gasteiger partial charge >= 0.3 is 0 Å². The van der Waals surface area contributed by atoms with E-state index in [0.29, 0.717) is 10.9 Å². The molecule has 0 aromatic rings. The van der Waals surface area contributed by atoms with Gasteiger partial charge in [0.25, 0.3) is 0 Å². The first-order valence-electron chi connectivity index (χ1n) is 3.48. The highest BCUT2D eigenvalue weighted by Gasteiger charge is 2.05. The molecule has 0 saturated carbocycles. The van der Waals surface area contributed by atoms with Crippen LogP contribution in [0, 0.1) is 5.92 Å². The van der Waals surface area contributed by atoms with Gasteiger partial charge in [-0.3, -0.25) is 0 Å². The molecule has 0 saturated heterocycles. The van der Waals surface area contributed by atoms with E-state index in [-0.39, 0.29) is 0 Å². The minimum absolute atomic E-state index is 0.315. The number of rotatable bonds is 1. The van der Waals surface area contributed by atoms with Crippen LogP contribution in [0.2, 0.25) is 0 Å². The average molecular weight is 202 g/mol. The molecule has 1 rings (SSSR count). The standard InChI is InChI=1S/C8H12BrN/c1-6(2)7-3-4-8(9)10-5-7/h3-6,8,10H,1-2H3. The molecule has 0 radical (unpaired) electrons. The molecule has 0 aromatic heterocycles. The lowest BCUT2D eigenvalue weighted by atomic mass is 10.0. The third-order valence-electron chi connectivity index (χ3n) is 1.53. The molecule has 1 aliphatic heterocycles. The molecular weight excluding hydrogens is 190 g/mol. The number of hydrogen-bond acceptors (Lipinski definition) is 1. The molecule has 1 N–H and O–H groups in total. The van der Waals surface area contributed by atoms with Crippen molar-refractivity contribution >= 4 is 15.9 Å². The molecule has 0 bridgehead atoms. The van der Waals surface area contributed by atoms with E-state index in [9.17, 15) is 0 Å². The van der Waals surface area contributed by atoms with Gasteiger partial charge in [0.05, 0.1) is 0 Å². The lowest BCUT2D eigenvalue weighted by Crippen LogP contribution is -2.18. The Morgan fingerprint density at radius 3 is 2.70 bits per heavy atom. The Morgan fingerprint density at radius 2 is 2.30 bits per heavy atom. The molecule has 0 aliphatic carbocycles. The molecule has 1 atom stereocenters. The van der Waals surface area contributed by atoms with Crippen LogP contribution >= 0.6 is 15.9 Å². The summed E-state index contributed by atoms with van der Waals surface area (Å²) >= 11 is 3.42. The van der Waals surface area contributed by atoms with E-state index in [1.807, 2.05) is 0 Å². The first-order chi connectivity index (χ1) is 4.70. The largest absolute Gasteiger partial charge is 0.375 e. The zero-order chi connectivity index (χ0) is 7.56. The second-order valence-electron chi connectivity index (χ2n) is 2.73. The second-order valence-corrected chi connectivity index (χ2v) is 3.71. The molecule has 1 unspecified atom stereocenters. The van der Waals surface area contributed by atoms with Gasteiger partial charge in [0.2, 0.25) is 0 Å². The number of dihydropyridines is 1. The number of alkyl halides is 1. The maximum absolute atomic E-state index is 3.42. The van der Waals surface area contributed by atoms with Gasteiger partial charge in [0, 0.05) is 6.20 Å². The monoisotopic (exact) mass is 201 g/mol. The Kier molecular flexibility index (Phi) is 2.55. The van der Waals surface area contributed by atoms with E-state index in [2.05, 4.69) is 53.4 Å². The third kappa shape index (κ3) is 1.87. The van der Waals surface area contributed by atoms with Gasteiger partial charge in [-0.2, -0.15) is 0 Å². The van der Waals surface area contributed by atoms with E-state index in [1.54, 1.807) is 0 Å². The number of hydrogen-bond donors (Lipinski definition) is 1. The molecule has 1 heterocycles. The summed E-state index contributed by atoms with van der Waals surface area (Å²) < 4.78 is 0. The van der Waals surface area contributed by atoms with Crippen LogP contribution in [-0.4, -0.2) is 4.95 Å². The Morgan fingerprint density at radius 1 is 1.60 bits per heavy atom. The normalized spacial score (nSPS) is 24.4. The van der Waals surface area contributed by atoms with Crippen LogP contribution in [0.15, 0.2) is 23.9 Å². The molecule has 0 spiro atoms. The molecule has 1 nitrogen and oxygen atoms in total. The van der Waals surface area contributed by atoms with E-state index >= 15 is 0 Å². The van der Waals surface area contributed by atoms with E-state index < -0.39 is 0 Å². The quantitative estimate of drug-likeness (QED) is 0.508. The predicted molar refractivity (Wildman–Crippen MR) is 47.9 cm³/mol. The maximum atomic E-state index is 3.42. The predicted octanol–water partition coefficient (Wildman–Crippen LogP) is 2.41. The fraction of sp³-hybridized carbons (Fsp3) is 0.500. The first-order valence-corrected chi connectivity index (χ1v) is 4.40. The van der Waals surface area contributed by atoms with Crippen LogP contribution in [0.3, 0.4) is 0 Å². The highest BCUT2D eigenvalue weighted by atomic mass is 79.9. The fourth-order valence-corrected chi connectivity index (χ4v) is 1.12. The van der Waals surface area contributed by atoms with E-state index in [0.717, 1.165) is 0 Å². The molecule has 0 amide bonds. The third-order valence-corrected chi connectivity index (χ3v) is 2.10. The number of nitrogens with one attached hydrogen (secondary N) is 1. The fourth-order valence-electron chi connectivity index (χ4n) is 0.834. The molecule has 10 heavy (non-hydrogen) atoms. The van der Waals surface area contributed by atoms with Crippen LogP contribution in [-0.2, 0) is 0 Å². The minimum Gasteiger partial charge on any atom is -0.375 e. The zero-order valence-electron chi connectivity index (χ0n) is 6.26. The number of halogens is 1. The van der Waals surface area contributed by atoms with Crippen LogP contribution in [0.5, 0.6) is 0 Å². The van der Waals surface area contributed by atoms with Crippen molar-refractivity contribution in [3.63, 3.8) is 0 Å². The molecule has 0 fully saturated rings. The summed E-state index contributed by atoms with van der Waals surface area (Å²) in [6.45, 7) is 4.37. The van der Waals surface area contributed by atoms with Crippen molar-refractivity contribution in [2.45, 2.75) is 18.8 Å². The molecule has 56 valence electrons. The van der Waals surface area contributed by atoms with Crippen molar-refractivity contribution in [2.75, 3.05) is 0 Å². The SMILES string of the molecule is CC(C)C1=CNC(Br)C=C1. The summed E-state index contributed by atoms with van der Waals surface area (Å²) in [6.07, 6.45) is 6.32. The van der Waals surface area contributed by atoms with Crippen molar-refractivity contribution in [3.8, 4) is 0 Å². The summed E-state index contributed by atoms with van der Waals surface area (Å²) in [5.74, 6) is 0.615. The van der Waals surface area contributed by atoms with Crippen molar-refractivity contribution < 1.29 is 0 Å². The highest BCUT2D eigenvalue weighted by Crippen LogP contribution is 2.15.